The van der Waals surface area contributed by atoms with Crippen LogP contribution in [0.15, 0.2) is 72.8 Å². The van der Waals surface area contributed by atoms with Crippen LogP contribution in [0.3, 0.4) is 0 Å². The molecule has 2 heterocycles. The average Bonchev–Trinajstić information content (AvgIpc) is 4.14. The Balaban J connectivity index is 0.999. The summed E-state index contributed by atoms with van der Waals surface area (Å²) < 4.78 is 0. The molecule has 2 fully saturated rings. The largest absolute Gasteiger partial charge is 0.347 e. The highest BCUT2D eigenvalue weighted by atomic mass is 16.2. The minimum absolute atomic E-state index is 0.0185. The topological polar surface area (TPSA) is 263 Å². The first-order valence-corrected chi connectivity index (χ1v) is 27.5. The van der Waals surface area contributed by atoms with Crippen molar-refractivity contribution >= 4 is 58.9 Å². The van der Waals surface area contributed by atoms with Crippen LogP contribution in [0.25, 0.3) is 0 Å². The third kappa shape index (κ3) is 14.3. The van der Waals surface area contributed by atoms with Crippen molar-refractivity contribution in [2.75, 3.05) is 37.8 Å². The second-order valence-electron chi connectivity index (χ2n) is 23.6. The normalized spacial score (nSPS) is 22.5. The number of nitrogens with zero attached hydrogens (tertiary/aromatic N) is 2. The van der Waals surface area contributed by atoms with Crippen LogP contribution in [0.2, 0.25) is 0 Å². The highest BCUT2D eigenvalue weighted by molar-refractivity contribution is 5.97. The van der Waals surface area contributed by atoms with Gasteiger partial charge >= 0.3 is 12.1 Å². The van der Waals surface area contributed by atoms with Gasteiger partial charge in [0.05, 0.1) is 36.3 Å². The highest BCUT2D eigenvalue weighted by Crippen LogP contribution is 2.34. The molecular formula is C58H82N12O8. The van der Waals surface area contributed by atoms with Crippen molar-refractivity contribution in [2.45, 2.75) is 167 Å². The molecular weight excluding hydrogens is 993 g/mol. The molecule has 0 saturated carbocycles. The monoisotopic (exact) mass is 1070 g/mol. The molecule has 0 bridgehead atoms. The molecule has 0 aromatic heterocycles. The summed E-state index contributed by atoms with van der Waals surface area (Å²) in [5, 5.41) is 29.6. The lowest BCUT2D eigenvalue weighted by Crippen LogP contribution is -2.59. The van der Waals surface area contributed by atoms with E-state index in [0.717, 1.165) is 49.7 Å². The van der Waals surface area contributed by atoms with E-state index >= 15 is 0 Å². The van der Waals surface area contributed by atoms with Gasteiger partial charge in [-0.3, -0.25) is 28.8 Å². The minimum Gasteiger partial charge on any atom is -0.347 e. The van der Waals surface area contributed by atoms with E-state index in [4.69, 9.17) is 0 Å². The second kappa shape index (κ2) is 25.2. The lowest BCUT2D eigenvalue weighted by molar-refractivity contribution is -0.144. The molecule has 422 valence electrons. The zero-order valence-electron chi connectivity index (χ0n) is 46.9. The number of hydrogen-bond donors (Lipinski definition) is 10. The Morgan fingerprint density at radius 2 is 0.872 bits per heavy atom. The second-order valence-corrected chi connectivity index (χ2v) is 23.6. The summed E-state index contributed by atoms with van der Waals surface area (Å²) in [4.78, 5) is 114. The molecule has 7 rings (SSSR count). The van der Waals surface area contributed by atoms with Gasteiger partial charge in [-0.25, -0.2) is 9.59 Å². The van der Waals surface area contributed by atoms with E-state index in [1.807, 2.05) is 77.9 Å². The summed E-state index contributed by atoms with van der Waals surface area (Å²) in [6, 6.07) is 14.6. The molecule has 78 heavy (non-hydrogen) atoms. The Bertz CT molecular complexity index is 2510. The molecule has 4 aliphatic rings. The molecule has 0 radical (unpaired) electrons. The SMILES string of the molecule is CN[C@@H](C)C(=O)N[C@H](C(=O)N1C[C@@H](NC(=O)Nc2ccc(NC(=O)N[C@H]3C[C@@H](C(=O)N[C@@H]4CCCc5ccccc54)N(C(=O)[C@@H](NC(=O)[C@H](C)NC)C(C)(C)C)C3)cc2)CC1C(=O)N[C@@H]1CCCc2ccccc21)C(C)(C)C. The number of benzene rings is 3. The fraction of sp³-hybridized carbons (Fsp3) is 0.552. The number of likely N-dealkylation sites (N-methyl/N-ethyl adjacent to an activating group) is 2. The number of carbonyl (C=O) groups excluding carboxylic acids is 8. The first kappa shape index (κ1) is 58.6. The van der Waals surface area contributed by atoms with Gasteiger partial charge in [-0.15, -0.1) is 0 Å². The number of nitrogens with one attached hydrogen (secondary N) is 10. The predicted octanol–water partition coefficient (Wildman–Crippen LogP) is 4.53. The van der Waals surface area contributed by atoms with Crippen LogP contribution in [-0.4, -0.2) is 133 Å². The van der Waals surface area contributed by atoms with E-state index in [0.29, 0.717) is 11.4 Å². The predicted molar refractivity (Wildman–Crippen MR) is 299 cm³/mol. The molecule has 2 aliphatic heterocycles. The maximum absolute atomic E-state index is 14.6. The van der Waals surface area contributed by atoms with E-state index in [2.05, 4.69) is 65.3 Å². The zero-order chi connectivity index (χ0) is 56.6. The zero-order valence-corrected chi connectivity index (χ0v) is 46.9. The van der Waals surface area contributed by atoms with Crippen molar-refractivity contribution in [1.82, 2.24) is 52.3 Å². The Labute approximate surface area is 458 Å². The standard InChI is InChI=1S/C58H82N12O8/c1-33(59-9)49(71)67-47(57(3,4)5)53(75)69-31-39(29-45(69)51(73)65-43-23-15-19-35-17-11-13-21-41(35)43)63-55(77)61-37-25-27-38(28-26-37)62-56(78)64-40-30-46(52(74)66-44-24-16-20-36-18-12-14-22-42(36)44)70(32-40)54(76)48(58(6,7)8)68-50(72)34(2)60-10/h11-14,17-18,21-22,25-28,33-34,39-40,43-48,59-60H,15-16,19-20,23-24,29-32H2,1-10H3,(H,65,73)(H,66,74)(H,67,71)(H,68,72)(H2,61,63,77)(H2,62,64,78)/t33-,34-,39-,40-,43+,44+,45-,46?,47+,48+/m0/s1. The number of hydrogen-bond acceptors (Lipinski definition) is 10. The first-order chi connectivity index (χ1) is 36.9. The summed E-state index contributed by atoms with van der Waals surface area (Å²) >= 11 is 0. The fourth-order valence-electron chi connectivity index (χ4n) is 11.0. The van der Waals surface area contributed by atoms with E-state index in [1.165, 1.54) is 20.9 Å². The third-order valence-corrected chi connectivity index (χ3v) is 15.7. The fourth-order valence-corrected chi connectivity index (χ4v) is 11.0. The summed E-state index contributed by atoms with van der Waals surface area (Å²) in [7, 11) is 3.31. The average molecular weight is 1080 g/mol. The number of aryl methyl sites for hydroxylation is 2. The quantitative estimate of drug-likeness (QED) is 0.0958. The van der Waals surface area contributed by atoms with Crippen molar-refractivity contribution in [3.63, 3.8) is 0 Å². The van der Waals surface area contributed by atoms with E-state index in [9.17, 15) is 38.4 Å². The van der Waals surface area contributed by atoms with Gasteiger partial charge in [0.15, 0.2) is 0 Å². The molecule has 3 aromatic carbocycles. The molecule has 0 spiro atoms. The van der Waals surface area contributed by atoms with Gasteiger partial charge in [0, 0.05) is 24.5 Å². The summed E-state index contributed by atoms with van der Waals surface area (Å²) in [5.41, 5.74) is 3.77. The number of anilines is 2. The number of likely N-dealkylation sites (tertiary alicyclic amines) is 2. The van der Waals surface area contributed by atoms with Gasteiger partial charge in [-0.2, -0.15) is 0 Å². The summed E-state index contributed by atoms with van der Waals surface area (Å²) in [5.74, 6) is -2.27. The molecule has 3 aromatic rings. The Morgan fingerprint density at radius 3 is 1.22 bits per heavy atom. The van der Waals surface area contributed by atoms with Gasteiger partial charge in [-0.05, 0) is 137 Å². The van der Waals surface area contributed by atoms with E-state index < -0.39 is 83.0 Å². The smallest absolute Gasteiger partial charge is 0.319 e. The summed E-state index contributed by atoms with van der Waals surface area (Å²) in [6.07, 6.45) is 5.36. The van der Waals surface area contributed by atoms with Gasteiger partial charge < -0.3 is 63.0 Å². The van der Waals surface area contributed by atoms with E-state index in [-0.39, 0.29) is 61.6 Å². The van der Waals surface area contributed by atoms with Crippen LogP contribution in [0.1, 0.15) is 128 Å². The van der Waals surface area contributed by atoms with Crippen molar-refractivity contribution in [3.05, 3.63) is 95.1 Å². The Morgan fingerprint density at radius 1 is 0.513 bits per heavy atom. The molecule has 10 amide bonds. The molecule has 2 aliphatic carbocycles. The summed E-state index contributed by atoms with van der Waals surface area (Å²) in [6.45, 7) is 14.5. The van der Waals surface area contributed by atoms with E-state index in [1.54, 1.807) is 52.2 Å². The van der Waals surface area contributed by atoms with Gasteiger partial charge in [0.1, 0.15) is 24.2 Å². The number of rotatable bonds is 16. The Hall–Kier alpha value is -7.06. The molecule has 1 unspecified atom stereocenters. The van der Waals surface area contributed by atoms with Crippen molar-refractivity contribution in [2.24, 2.45) is 10.8 Å². The van der Waals surface area contributed by atoms with Crippen LogP contribution < -0.4 is 53.2 Å². The van der Waals surface area contributed by atoms with Crippen LogP contribution in [0, 0.1) is 10.8 Å². The van der Waals surface area contributed by atoms with Crippen LogP contribution in [0.5, 0.6) is 0 Å². The lowest BCUT2D eigenvalue weighted by Gasteiger charge is -2.36. The lowest BCUT2D eigenvalue weighted by atomic mass is 9.85. The van der Waals surface area contributed by atoms with Gasteiger partial charge in [-0.1, -0.05) is 90.1 Å². The molecule has 2 saturated heterocycles. The first-order valence-electron chi connectivity index (χ1n) is 27.5. The van der Waals surface area contributed by atoms with Crippen molar-refractivity contribution < 1.29 is 38.4 Å². The van der Waals surface area contributed by atoms with Gasteiger partial charge in [0.2, 0.25) is 35.4 Å². The molecule has 10 N–H and O–H groups in total. The van der Waals surface area contributed by atoms with Crippen LogP contribution in [0.4, 0.5) is 21.0 Å². The number of amides is 10. The van der Waals surface area contributed by atoms with Gasteiger partial charge in [0.25, 0.3) is 0 Å². The third-order valence-electron chi connectivity index (χ3n) is 15.7. The number of urea groups is 2. The van der Waals surface area contributed by atoms with Crippen LogP contribution in [-0.2, 0) is 41.6 Å². The maximum Gasteiger partial charge on any atom is 0.319 e. The molecule has 10 atom stereocenters. The number of carbonyl (C=O) groups is 8. The minimum atomic E-state index is -0.974. The highest BCUT2D eigenvalue weighted by Gasteiger charge is 2.48. The molecule has 20 nitrogen and oxygen atoms in total. The number of fused-ring (bicyclic) bond motifs is 2. The Kier molecular flexibility index (Phi) is 18.9. The van der Waals surface area contributed by atoms with Crippen LogP contribution >= 0.6 is 0 Å². The maximum atomic E-state index is 14.6. The van der Waals surface area contributed by atoms with Crippen molar-refractivity contribution in [1.29, 1.82) is 0 Å². The molecule has 20 heteroatoms. The van der Waals surface area contributed by atoms with Crippen molar-refractivity contribution in [3.8, 4) is 0 Å².